The molecule has 0 radical (unpaired) electrons. The number of aromatic nitrogens is 3. The van der Waals surface area contributed by atoms with Crippen LogP contribution in [0.5, 0.6) is 0 Å². The van der Waals surface area contributed by atoms with E-state index in [9.17, 15) is 9.59 Å². The van der Waals surface area contributed by atoms with Gasteiger partial charge in [0.2, 0.25) is 5.91 Å². The summed E-state index contributed by atoms with van der Waals surface area (Å²) in [5, 5.41) is 7.02. The van der Waals surface area contributed by atoms with E-state index >= 15 is 0 Å². The number of primary amides is 2. The van der Waals surface area contributed by atoms with Gasteiger partial charge in [-0.15, -0.1) is 0 Å². The summed E-state index contributed by atoms with van der Waals surface area (Å²) in [7, 11) is 1.96. The van der Waals surface area contributed by atoms with E-state index in [0.717, 1.165) is 16.6 Å². The van der Waals surface area contributed by atoms with Crippen LogP contribution in [0.15, 0.2) is 36.7 Å². The standard InChI is InChI=1S/C18H21N7O2/c1-3-12(16(19)26)23-14-9-21-15(17(20)27)18(24-14)22-11-4-5-13-10(8-11)6-7-25(13)2/h4-9,12H,3H2,1-2H3,(H2,19,26)(H2,20,27)(H2,22,23,24). The lowest BCUT2D eigenvalue weighted by Crippen LogP contribution is -2.35. The van der Waals surface area contributed by atoms with Crippen molar-refractivity contribution < 1.29 is 9.59 Å². The zero-order chi connectivity index (χ0) is 19.6. The van der Waals surface area contributed by atoms with E-state index in [4.69, 9.17) is 11.5 Å². The molecule has 2 aromatic heterocycles. The molecule has 3 aromatic rings. The molecule has 0 saturated heterocycles. The summed E-state index contributed by atoms with van der Waals surface area (Å²) in [6.45, 7) is 1.82. The Balaban J connectivity index is 1.94. The fraction of sp³-hybridized carbons (Fsp3) is 0.222. The van der Waals surface area contributed by atoms with Gasteiger partial charge in [-0.05, 0) is 30.7 Å². The fourth-order valence-electron chi connectivity index (χ4n) is 2.78. The van der Waals surface area contributed by atoms with E-state index in [1.807, 2.05) is 49.0 Å². The number of anilines is 3. The largest absolute Gasteiger partial charge is 0.368 e. The van der Waals surface area contributed by atoms with Crippen LogP contribution in [0, 0.1) is 0 Å². The van der Waals surface area contributed by atoms with Crippen molar-refractivity contribution in [2.24, 2.45) is 18.5 Å². The molecule has 0 aliphatic carbocycles. The van der Waals surface area contributed by atoms with E-state index in [-0.39, 0.29) is 11.5 Å². The fourth-order valence-corrected chi connectivity index (χ4v) is 2.78. The maximum absolute atomic E-state index is 11.7. The highest BCUT2D eigenvalue weighted by atomic mass is 16.1. The molecule has 9 heteroatoms. The Morgan fingerprint density at radius 1 is 1.26 bits per heavy atom. The van der Waals surface area contributed by atoms with Crippen molar-refractivity contribution in [3.05, 3.63) is 42.4 Å². The Kier molecular flexibility index (Phi) is 4.93. The van der Waals surface area contributed by atoms with E-state index in [2.05, 4.69) is 20.6 Å². The molecule has 6 N–H and O–H groups in total. The quantitative estimate of drug-likeness (QED) is 0.498. The first kappa shape index (κ1) is 18.2. The second-order valence-corrected chi connectivity index (χ2v) is 6.15. The summed E-state index contributed by atoms with van der Waals surface area (Å²) < 4.78 is 2.01. The molecule has 0 bridgehead atoms. The molecule has 1 unspecified atom stereocenters. The van der Waals surface area contributed by atoms with Crippen LogP contribution in [0.3, 0.4) is 0 Å². The van der Waals surface area contributed by atoms with Crippen LogP contribution < -0.4 is 22.1 Å². The van der Waals surface area contributed by atoms with Crippen LogP contribution in [0.4, 0.5) is 17.3 Å². The summed E-state index contributed by atoms with van der Waals surface area (Å²) in [6.07, 6.45) is 3.79. The van der Waals surface area contributed by atoms with Crippen LogP contribution in [0.1, 0.15) is 23.8 Å². The van der Waals surface area contributed by atoms with Gasteiger partial charge in [0.15, 0.2) is 11.5 Å². The topological polar surface area (TPSA) is 141 Å². The number of nitrogens with zero attached hydrogens (tertiary/aromatic N) is 3. The minimum atomic E-state index is -0.709. The highest BCUT2D eigenvalue weighted by molar-refractivity contribution is 5.97. The lowest BCUT2D eigenvalue weighted by Gasteiger charge is -2.15. The Hall–Kier alpha value is -3.62. The molecule has 0 fully saturated rings. The predicted octanol–water partition coefficient (Wildman–Crippen LogP) is 1.49. The predicted molar refractivity (Wildman–Crippen MR) is 104 cm³/mol. The van der Waals surface area contributed by atoms with Gasteiger partial charge in [-0.1, -0.05) is 6.92 Å². The number of nitrogens with two attached hydrogens (primary N) is 2. The van der Waals surface area contributed by atoms with E-state index in [1.54, 1.807) is 0 Å². The average molecular weight is 367 g/mol. The normalized spacial score (nSPS) is 11.9. The SMILES string of the molecule is CCC(Nc1cnc(C(N)=O)c(Nc2ccc3c(ccn3C)c2)n1)C(N)=O. The molecule has 27 heavy (non-hydrogen) atoms. The van der Waals surface area contributed by atoms with Gasteiger partial charge >= 0.3 is 0 Å². The van der Waals surface area contributed by atoms with Gasteiger partial charge in [0.25, 0.3) is 5.91 Å². The molecule has 1 atom stereocenters. The Bertz CT molecular complexity index is 1010. The lowest BCUT2D eigenvalue weighted by atomic mass is 10.2. The number of carbonyl (C=O) groups excluding carboxylic acids is 2. The third-order valence-electron chi connectivity index (χ3n) is 4.23. The van der Waals surface area contributed by atoms with Gasteiger partial charge in [-0.2, -0.15) is 0 Å². The van der Waals surface area contributed by atoms with Crippen LogP contribution in [0.25, 0.3) is 10.9 Å². The first-order chi connectivity index (χ1) is 12.9. The maximum Gasteiger partial charge on any atom is 0.271 e. The lowest BCUT2D eigenvalue weighted by molar-refractivity contribution is -0.118. The van der Waals surface area contributed by atoms with Gasteiger partial charge in [-0.25, -0.2) is 9.97 Å². The number of amides is 2. The summed E-state index contributed by atoms with van der Waals surface area (Å²) in [4.78, 5) is 31.6. The van der Waals surface area contributed by atoms with Gasteiger partial charge in [0, 0.05) is 29.8 Å². The summed E-state index contributed by atoms with van der Waals surface area (Å²) in [6, 6.07) is 7.15. The highest BCUT2D eigenvalue weighted by Gasteiger charge is 2.17. The molecular weight excluding hydrogens is 346 g/mol. The Morgan fingerprint density at radius 2 is 2.04 bits per heavy atom. The van der Waals surface area contributed by atoms with E-state index < -0.39 is 17.9 Å². The molecule has 140 valence electrons. The van der Waals surface area contributed by atoms with Crippen molar-refractivity contribution in [3.63, 3.8) is 0 Å². The van der Waals surface area contributed by atoms with Gasteiger partial charge in [0.1, 0.15) is 11.9 Å². The highest BCUT2D eigenvalue weighted by Crippen LogP contribution is 2.24. The molecule has 9 nitrogen and oxygen atoms in total. The zero-order valence-electron chi connectivity index (χ0n) is 15.1. The van der Waals surface area contributed by atoms with Crippen LogP contribution in [-0.2, 0) is 11.8 Å². The molecule has 2 amide bonds. The zero-order valence-corrected chi connectivity index (χ0v) is 15.1. The minimum Gasteiger partial charge on any atom is -0.368 e. The molecule has 0 saturated carbocycles. The van der Waals surface area contributed by atoms with Crippen molar-refractivity contribution in [2.75, 3.05) is 10.6 Å². The monoisotopic (exact) mass is 367 g/mol. The Morgan fingerprint density at radius 3 is 2.70 bits per heavy atom. The van der Waals surface area contributed by atoms with Crippen molar-refractivity contribution >= 4 is 40.0 Å². The Labute approximate surface area is 155 Å². The number of hydrogen-bond acceptors (Lipinski definition) is 6. The van der Waals surface area contributed by atoms with Gasteiger partial charge in [-0.3, -0.25) is 9.59 Å². The number of benzene rings is 1. The van der Waals surface area contributed by atoms with Crippen molar-refractivity contribution in [1.29, 1.82) is 0 Å². The summed E-state index contributed by atoms with van der Waals surface area (Å²) in [5.74, 6) is -0.697. The molecule has 2 heterocycles. The third kappa shape index (κ3) is 3.81. The number of hydrogen-bond donors (Lipinski definition) is 4. The van der Waals surface area contributed by atoms with Crippen LogP contribution in [-0.4, -0.2) is 32.4 Å². The third-order valence-corrected chi connectivity index (χ3v) is 4.23. The first-order valence-corrected chi connectivity index (χ1v) is 8.44. The van der Waals surface area contributed by atoms with Gasteiger partial charge < -0.3 is 26.7 Å². The van der Waals surface area contributed by atoms with Crippen LogP contribution in [0.2, 0.25) is 0 Å². The first-order valence-electron chi connectivity index (χ1n) is 8.44. The van der Waals surface area contributed by atoms with Crippen molar-refractivity contribution in [2.45, 2.75) is 19.4 Å². The summed E-state index contributed by atoms with van der Waals surface area (Å²) in [5.41, 5.74) is 12.6. The minimum absolute atomic E-state index is 0.000770. The van der Waals surface area contributed by atoms with E-state index in [0.29, 0.717) is 12.2 Å². The number of rotatable bonds is 7. The number of fused-ring (bicyclic) bond motifs is 1. The maximum atomic E-state index is 11.7. The van der Waals surface area contributed by atoms with Crippen molar-refractivity contribution in [3.8, 4) is 0 Å². The number of carbonyl (C=O) groups is 2. The van der Waals surface area contributed by atoms with Crippen LogP contribution >= 0.6 is 0 Å². The van der Waals surface area contributed by atoms with Crippen molar-refractivity contribution in [1.82, 2.24) is 14.5 Å². The second-order valence-electron chi connectivity index (χ2n) is 6.15. The smallest absolute Gasteiger partial charge is 0.271 e. The second kappa shape index (κ2) is 7.32. The molecule has 0 aliphatic heterocycles. The number of nitrogens with one attached hydrogen (secondary N) is 2. The van der Waals surface area contributed by atoms with Gasteiger partial charge in [0.05, 0.1) is 6.20 Å². The average Bonchev–Trinajstić information content (AvgIpc) is 2.99. The molecule has 0 spiro atoms. The number of aryl methyl sites for hydroxylation is 1. The molecular formula is C18H21N7O2. The molecule has 1 aromatic carbocycles. The molecule has 3 rings (SSSR count). The van der Waals surface area contributed by atoms with E-state index in [1.165, 1.54) is 6.20 Å². The molecule has 0 aliphatic rings. The summed E-state index contributed by atoms with van der Waals surface area (Å²) >= 11 is 0.